The maximum absolute atomic E-state index is 11.3. The van der Waals surface area contributed by atoms with Crippen molar-refractivity contribution in [1.29, 1.82) is 0 Å². The minimum atomic E-state index is -0.775. The van der Waals surface area contributed by atoms with E-state index in [0.717, 1.165) is 19.3 Å². The van der Waals surface area contributed by atoms with E-state index in [4.69, 9.17) is 27.9 Å². The molecular weight excluding hydrogens is 303 g/mol. The van der Waals surface area contributed by atoms with Crippen molar-refractivity contribution in [3.05, 3.63) is 0 Å². The molecule has 20 heavy (non-hydrogen) atoms. The van der Waals surface area contributed by atoms with E-state index in [2.05, 4.69) is 11.7 Å². The molecule has 0 aliphatic carbocycles. The zero-order chi connectivity index (χ0) is 15.2. The molecule has 0 rings (SSSR count). The van der Waals surface area contributed by atoms with E-state index in [-0.39, 0.29) is 6.61 Å². The zero-order valence-electron chi connectivity index (χ0n) is 12.0. The summed E-state index contributed by atoms with van der Waals surface area (Å²) in [5, 5.41) is 0. The fraction of sp³-hybridized carbons (Fsp3) is 0.857. The standard InChI is InChI=1S/C14H24Cl2O4/c1-2-3-4-5-6-7-8-9-19-13(17)10-14(18)20-11-12(15)16/h12H,2-11H2,1H3. The SMILES string of the molecule is CCCCCCCCCOC(=O)CC(=O)OCC(Cl)Cl. The molecule has 0 radical (unpaired) electrons. The van der Waals surface area contributed by atoms with Crippen LogP contribution in [0.3, 0.4) is 0 Å². The molecule has 0 N–H and O–H groups in total. The summed E-state index contributed by atoms with van der Waals surface area (Å²) in [6.45, 7) is 2.42. The molecule has 4 nitrogen and oxygen atoms in total. The van der Waals surface area contributed by atoms with E-state index in [1.807, 2.05) is 0 Å². The number of alkyl halides is 2. The molecule has 0 heterocycles. The minimum Gasteiger partial charge on any atom is -0.465 e. The highest BCUT2D eigenvalue weighted by atomic mass is 35.5. The van der Waals surface area contributed by atoms with Gasteiger partial charge in [-0.25, -0.2) is 0 Å². The highest BCUT2D eigenvalue weighted by molar-refractivity contribution is 6.44. The van der Waals surface area contributed by atoms with Gasteiger partial charge in [-0.05, 0) is 6.42 Å². The largest absolute Gasteiger partial charge is 0.465 e. The van der Waals surface area contributed by atoms with Crippen LogP contribution >= 0.6 is 23.2 Å². The van der Waals surface area contributed by atoms with Gasteiger partial charge in [0.05, 0.1) is 6.61 Å². The molecule has 6 heteroatoms. The molecule has 0 saturated heterocycles. The van der Waals surface area contributed by atoms with Crippen molar-refractivity contribution >= 4 is 35.1 Å². The van der Waals surface area contributed by atoms with Gasteiger partial charge < -0.3 is 9.47 Å². The highest BCUT2D eigenvalue weighted by Gasteiger charge is 2.13. The summed E-state index contributed by atoms with van der Waals surface area (Å²) in [5.41, 5.74) is 0. The topological polar surface area (TPSA) is 52.6 Å². The van der Waals surface area contributed by atoms with Crippen LogP contribution in [-0.4, -0.2) is 30.0 Å². The first kappa shape index (κ1) is 19.5. The third kappa shape index (κ3) is 13.9. The number of carbonyl (C=O) groups excluding carboxylic acids is 2. The van der Waals surface area contributed by atoms with E-state index in [0.29, 0.717) is 6.61 Å². The van der Waals surface area contributed by atoms with Crippen molar-refractivity contribution in [3.8, 4) is 0 Å². The number of carbonyl (C=O) groups is 2. The van der Waals surface area contributed by atoms with Gasteiger partial charge in [-0.3, -0.25) is 9.59 Å². The highest BCUT2D eigenvalue weighted by Crippen LogP contribution is 2.07. The van der Waals surface area contributed by atoms with E-state index in [1.54, 1.807) is 0 Å². The molecule has 0 amide bonds. The molecule has 0 bridgehead atoms. The zero-order valence-corrected chi connectivity index (χ0v) is 13.5. The van der Waals surface area contributed by atoms with Gasteiger partial charge >= 0.3 is 11.9 Å². The van der Waals surface area contributed by atoms with Crippen molar-refractivity contribution < 1.29 is 19.1 Å². The fourth-order valence-corrected chi connectivity index (χ4v) is 1.75. The third-order valence-electron chi connectivity index (χ3n) is 2.67. The minimum absolute atomic E-state index is 0.118. The molecule has 0 aliphatic heterocycles. The monoisotopic (exact) mass is 326 g/mol. The van der Waals surface area contributed by atoms with Crippen molar-refractivity contribution in [1.82, 2.24) is 0 Å². The van der Waals surface area contributed by atoms with Crippen molar-refractivity contribution in [3.63, 3.8) is 0 Å². The maximum Gasteiger partial charge on any atom is 0.317 e. The normalized spacial score (nSPS) is 10.6. The van der Waals surface area contributed by atoms with Gasteiger partial charge in [0.15, 0.2) is 0 Å². The quantitative estimate of drug-likeness (QED) is 0.235. The summed E-state index contributed by atoms with van der Waals surface area (Å²) in [5.74, 6) is -1.23. The Bertz CT molecular complexity index is 270. The van der Waals surface area contributed by atoms with Crippen LogP contribution in [0.25, 0.3) is 0 Å². The van der Waals surface area contributed by atoms with Crippen LogP contribution in [-0.2, 0) is 19.1 Å². The Labute approximate surface area is 131 Å². The number of unbranched alkanes of at least 4 members (excludes halogenated alkanes) is 6. The van der Waals surface area contributed by atoms with Gasteiger partial charge in [0.25, 0.3) is 0 Å². The summed E-state index contributed by atoms with van der Waals surface area (Å²) >= 11 is 10.8. The molecule has 118 valence electrons. The summed E-state index contributed by atoms with van der Waals surface area (Å²) < 4.78 is 9.59. The predicted octanol–water partition coefficient (Wildman–Crippen LogP) is 4.02. The first-order chi connectivity index (χ1) is 9.56. The lowest BCUT2D eigenvalue weighted by atomic mass is 10.1. The molecule has 0 aromatic rings. The van der Waals surface area contributed by atoms with E-state index in [9.17, 15) is 9.59 Å². The second-order valence-corrected chi connectivity index (χ2v) is 5.87. The van der Waals surface area contributed by atoms with Crippen LogP contribution in [0.2, 0.25) is 0 Å². The van der Waals surface area contributed by atoms with Crippen LogP contribution in [0.5, 0.6) is 0 Å². The molecule has 0 spiro atoms. The number of esters is 2. The number of rotatable bonds is 12. The Morgan fingerprint density at radius 1 is 0.900 bits per heavy atom. The number of ether oxygens (including phenoxy) is 2. The van der Waals surface area contributed by atoms with Crippen LogP contribution in [0.15, 0.2) is 0 Å². The Balaban J connectivity index is 3.38. The van der Waals surface area contributed by atoms with Crippen LogP contribution in [0.4, 0.5) is 0 Å². The Kier molecular flexibility index (Phi) is 13.2. The lowest BCUT2D eigenvalue weighted by Gasteiger charge is -2.06. The molecule has 0 aliphatic rings. The molecule has 0 fully saturated rings. The molecular formula is C14H24Cl2O4. The lowest BCUT2D eigenvalue weighted by Crippen LogP contribution is -2.16. The van der Waals surface area contributed by atoms with Gasteiger partial charge in [-0.15, -0.1) is 23.2 Å². The Morgan fingerprint density at radius 3 is 2.05 bits per heavy atom. The third-order valence-corrected chi connectivity index (χ3v) is 2.92. The van der Waals surface area contributed by atoms with Gasteiger partial charge in [0.1, 0.15) is 17.9 Å². The fourth-order valence-electron chi connectivity index (χ4n) is 1.62. The molecule has 0 aromatic heterocycles. The van der Waals surface area contributed by atoms with Crippen molar-refractivity contribution in [2.45, 2.75) is 63.1 Å². The maximum atomic E-state index is 11.3. The summed E-state index contributed by atoms with van der Waals surface area (Å²) in [4.78, 5) is 21.7. The lowest BCUT2D eigenvalue weighted by molar-refractivity contribution is -0.154. The van der Waals surface area contributed by atoms with E-state index in [1.165, 1.54) is 25.7 Å². The summed E-state index contributed by atoms with van der Waals surface area (Å²) in [6.07, 6.45) is 7.66. The van der Waals surface area contributed by atoms with E-state index >= 15 is 0 Å². The first-order valence-electron chi connectivity index (χ1n) is 7.15. The summed E-state index contributed by atoms with van der Waals surface area (Å²) in [6, 6.07) is 0. The van der Waals surface area contributed by atoms with Crippen LogP contribution < -0.4 is 0 Å². The number of hydrogen-bond donors (Lipinski definition) is 0. The van der Waals surface area contributed by atoms with Crippen LogP contribution in [0, 0.1) is 0 Å². The Morgan fingerprint density at radius 2 is 1.45 bits per heavy atom. The van der Waals surface area contributed by atoms with Gasteiger partial charge in [0, 0.05) is 0 Å². The number of hydrogen-bond acceptors (Lipinski definition) is 4. The second kappa shape index (κ2) is 13.5. The number of halogens is 2. The average molecular weight is 327 g/mol. The first-order valence-corrected chi connectivity index (χ1v) is 8.03. The van der Waals surface area contributed by atoms with Crippen molar-refractivity contribution in [2.75, 3.05) is 13.2 Å². The van der Waals surface area contributed by atoms with Gasteiger partial charge in [-0.1, -0.05) is 45.4 Å². The smallest absolute Gasteiger partial charge is 0.317 e. The van der Waals surface area contributed by atoms with Crippen molar-refractivity contribution in [2.24, 2.45) is 0 Å². The van der Waals surface area contributed by atoms with Crippen LogP contribution in [0.1, 0.15) is 58.3 Å². The van der Waals surface area contributed by atoms with E-state index < -0.39 is 23.2 Å². The molecule has 0 aromatic carbocycles. The molecule has 0 saturated carbocycles. The molecule has 0 unspecified atom stereocenters. The average Bonchev–Trinajstić information content (AvgIpc) is 2.39. The second-order valence-electron chi connectivity index (χ2n) is 4.59. The molecule has 0 atom stereocenters. The van der Waals surface area contributed by atoms with Gasteiger partial charge in [0.2, 0.25) is 0 Å². The summed E-state index contributed by atoms with van der Waals surface area (Å²) in [7, 11) is 0. The Hall–Kier alpha value is -0.480. The van der Waals surface area contributed by atoms with Gasteiger partial charge in [-0.2, -0.15) is 0 Å². The predicted molar refractivity (Wildman–Crippen MR) is 80.0 cm³/mol.